The number of benzene rings is 2. The molecule has 0 unspecified atom stereocenters. The van der Waals surface area contributed by atoms with Crippen LogP contribution in [0.5, 0.6) is 0 Å². The average Bonchev–Trinajstić information content (AvgIpc) is 2.38. The molecule has 0 heterocycles. The van der Waals surface area contributed by atoms with Crippen LogP contribution in [-0.2, 0) is 13.1 Å². The van der Waals surface area contributed by atoms with Crippen molar-refractivity contribution in [2.24, 2.45) is 0 Å². The van der Waals surface area contributed by atoms with E-state index in [0.717, 1.165) is 23.1 Å². The molecular weight excluding hydrogens is 317 g/mol. The van der Waals surface area contributed by atoms with Crippen molar-refractivity contribution < 1.29 is 4.39 Å². The van der Waals surface area contributed by atoms with E-state index in [0.29, 0.717) is 11.1 Å². The fourth-order valence-electron chi connectivity index (χ4n) is 2.27. The zero-order valence-electron chi connectivity index (χ0n) is 12.1. The second-order valence-electron chi connectivity index (χ2n) is 5.24. The van der Waals surface area contributed by atoms with Crippen LogP contribution < -0.4 is 5.32 Å². The first kappa shape index (κ1) is 15.2. The Morgan fingerprint density at radius 2 is 1.65 bits per heavy atom. The van der Waals surface area contributed by atoms with Crippen molar-refractivity contribution in [2.45, 2.75) is 33.9 Å². The van der Waals surface area contributed by atoms with Crippen LogP contribution in [0, 0.1) is 26.6 Å². The van der Waals surface area contributed by atoms with Gasteiger partial charge in [0.15, 0.2) is 0 Å². The fourth-order valence-corrected chi connectivity index (χ4v) is 2.91. The van der Waals surface area contributed by atoms with Gasteiger partial charge >= 0.3 is 0 Å². The molecule has 0 atom stereocenters. The van der Waals surface area contributed by atoms with E-state index >= 15 is 0 Å². The van der Waals surface area contributed by atoms with Gasteiger partial charge in [0.2, 0.25) is 0 Å². The molecule has 0 bridgehead atoms. The molecule has 0 spiro atoms. The normalized spacial score (nSPS) is 10.8. The third-order valence-electron chi connectivity index (χ3n) is 3.35. The fraction of sp³-hybridized carbons (Fsp3) is 0.294. The lowest BCUT2D eigenvalue weighted by molar-refractivity contribution is 0.606. The van der Waals surface area contributed by atoms with Crippen LogP contribution in [0.25, 0.3) is 0 Å². The summed E-state index contributed by atoms with van der Waals surface area (Å²) in [5.74, 6) is -0.102. The topological polar surface area (TPSA) is 12.0 Å². The van der Waals surface area contributed by atoms with Crippen molar-refractivity contribution in [1.29, 1.82) is 0 Å². The van der Waals surface area contributed by atoms with Gasteiger partial charge in [-0.15, -0.1) is 0 Å². The number of rotatable bonds is 4. The number of hydrogen-bond acceptors (Lipinski definition) is 1. The lowest BCUT2D eigenvalue weighted by Crippen LogP contribution is -2.13. The number of aryl methyl sites for hydroxylation is 3. The van der Waals surface area contributed by atoms with E-state index in [2.05, 4.69) is 46.4 Å². The second-order valence-corrected chi connectivity index (χ2v) is 6.10. The van der Waals surface area contributed by atoms with Crippen molar-refractivity contribution >= 4 is 15.9 Å². The third kappa shape index (κ3) is 3.68. The van der Waals surface area contributed by atoms with E-state index in [1.807, 2.05) is 26.0 Å². The van der Waals surface area contributed by atoms with Crippen LogP contribution in [0.3, 0.4) is 0 Å². The first-order valence-corrected chi connectivity index (χ1v) is 7.48. The Bertz CT molecular complexity index is 599. The molecule has 106 valence electrons. The molecule has 1 nitrogen and oxygen atoms in total. The molecule has 2 aromatic carbocycles. The molecule has 0 aliphatic rings. The summed E-state index contributed by atoms with van der Waals surface area (Å²) in [6, 6.07) is 10.1. The van der Waals surface area contributed by atoms with Crippen LogP contribution in [0.1, 0.15) is 27.8 Å². The van der Waals surface area contributed by atoms with E-state index in [1.165, 1.54) is 11.1 Å². The maximum atomic E-state index is 13.6. The number of nitrogens with one attached hydrogen (secondary N) is 1. The molecule has 0 fully saturated rings. The maximum Gasteiger partial charge on any atom is 0.129 e. The Balaban J connectivity index is 1.99. The van der Waals surface area contributed by atoms with E-state index in [1.54, 1.807) is 0 Å². The van der Waals surface area contributed by atoms with Gasteiger partial charge in [-0.1, -0.05) is 40.2 Å². The van der Waals surface area contributed by atoms with Gasteiger partial charge in [-0.05, 0) is 54.7 Å². The summed E-state index contributed by atoms with van der Waals surface area (Å²) < 4.78 is 14.7. The summed E-state index contributed by atoms with van der Waals surface area (Å²) in [5, 5.41) is 3.40. The molecule has 2 aromatic rings. The third-order valence-corrected chi connectivity index (χ3v) is 4.09. The van der Waals surface area contributed by atoms with Gasteiger partial charge in [-0.3, -0.25) is 0 Å². The summed E-state index contributed by atoms with van der Waals surface area (Å²) in [7, 11) is 0. The molecule has 0 saturated carbocycles. The lowest BCUT2D eigenvalue weighted by atomic mass is 10.1. The standard InChI is InChI=1S/C17H19BrFN/c1-11-4-5-15(16(18)6-11)10-20-9-14-7-12(2)17(19)13(3)8-14/h4-8,20H,9-10H2,1-3H3. The molecule has 1 N–H and O–H groups in total. The molecule has 3 heteroatoms. The Hall–Kier alpha value is -1.19. The van der Waals surface area contributed by atoms with Gasteiger partial charge in [0, 0.05) is 17.6 Å². The second kappa shape index (κ2) is 6.51. The Kier molecular flexibility index (Phi) is 4.95. The van der Waals surface area contributed by atoms with E-state index in [-0.39, 0.29) is 5.82 Å². The monoisotopic (exact) mass is 335 g/mol. The summed E-state index contributed by atoms with van der Waals surface area (Å²) in [4.78, 5) is 0. The molecule has 0 aromatic heterocycles. The van der Waals surface area contributed by atoms with Crippen molar-refractivity contribution in [1.82, 2.24) is 5.32 Å². The molecule has 0 radical (unpaired) electrons. The number of hydrogen-bond donors (Lipinski definition) is 1. The molecule has 2 rings (SSSR count). The predicted molar refractivity (Wildman–Crippen MR) is 85.3 cm³/mol. The minimum atomic E-state index is -0.102. The van der Waals surface area contributed by atoms with Crippen LogP contribution >= 0.6 is 15.9 Å². The van der Waals surface area contributed by atoms with Crippen molar-refractivity contribution in [3.63, 3.8) is 0 Å². The summed E-state index contributed by atoms with van der Waals surface area (Å²) in [5.41, 5.74) is 5.00. The lowest BCUT2D eigenvalue weighted by Gasteiger charge is -2.10. The summed E-state index contributed by atoms with van der Waals surface area (Å²) in [6.07, 6.45) is 0. The minimum Gasteiger partial charge on any atom is -0.309 e. The summed E-state index contributed by atoms with van der Waals surface area (Å²) in [6.45, 7) is 7.22. The van der Waals surface area contributed by atoms with Gasteiger partial charge in [0.1, 0.15) is 5.82 Å². The predicted octanol–water partition coefficient (Wildman–Crippen LogP) is 4.80. The quantitative estimate of drug-likeness (QED) is 0.845. The first-order valence-electron chi connectivity index (χ1n) is 6.68. The van der Waals surface area contributed by atoms with Crippen molar-refractivity contribution in [2.75, 3.05) is 0 Å². The molecule has 0 aliphatic heterocycles. The van der Waals surface area contributed by atoms with E-state index in [4.69, 9.17) is 0 Å². The highest BCUT2D eigenvalue weighted by Gasteiger charge is 2.05. The molecular formula is C17H19BrFN. The maximum absolute atomic E-state index is 13.6. The Labute approximate surface area is 128 Å². The summed E-state index contributed by atoms with van der Waals surface area (Å²) >= 11 is 3.58. The van der Waals surface area contributed by atoms with Crippen molar-refractivity contribution in [3.8, 4) is 0 Å². The zero-order valence-corrected chi connectivity index (χ0v) is 13.6. The van der Waals surface area contributed by atoms with Crippen LogP contribution in [0.4, 0.5) is 4.39 Å². The number of halogens is 2. The minimum absolute atomic E-state index is 0.102. The van der Waals surface area contributed by atoms with Gasteiger partial charge in [0.25, 0.3) is 0 Å². The molecule has 0 aliphatic carbocycles. The van der Waals surface area contributed by atoms with E-state index < -0.39 is 0 Å². The van der Waals surface area contributed by atoms with E-state index in [9.17, 15) is 4.39 Å². The molecule has 0 saturated heterocycles. The highest BCUT2D eigenvalue weighted by Crippen LogP contribution is 2.19. The Morgan fingerprint density at radius 3 is 2.25 bits per heavy atom. The molecule has 20 heavy (non-hydrogen) atoms. The van der Waals surface area contributed by atoms with Crippen LogP contribution in [-0.4, -0.2) is 0 Å². The van der Waals surface area contributed by atoms with Gasteiger partial charge < -0.3 is 5.32 Å². The smallest absolute Gasteiger partial charge is 0.129 e. The SMILES string of the molecule is Cc1ccc(CNCc2cc(C)c(F)c(C)c2)c(Br)c1. The highest BCUT2D eigenvalue weighted by atomic mass is 79.9. The first-order chi connectivity index (χ1) is 9.47. The van der Waals surface area contributed by atoms with Crippen LogP contribution in [0.2, 0.25) is 0 Å². The average molecular weight is 336 g/mol. The molecule has 0 amide bonds. The van der Waals surface area contributed by atoms with Crippen molar-refractivity contribution in [3.05, 3.63) is 68.4 Å². The van der Waals surface area contributed by atoms with Gasteiger partial charge in [-0.25, -0.2) is 4.39 Å². The van der Waals surface area contributed by atoms with Gasteiger partial charge in [0.05, 0.1) is 0 Å². The highest BCUT2D eigenvalue weighted by molar-refractivity contribution is 9.10. The van der Waals surface area contributed by atoms with Gasteiger partial charge in [-0.2, -0.15) is 0 Å². The largest absolute Gasteiger partial charge is 0.309 e. The zero-order chi connectivity index (χ0) is 14.7. The van der Waals surface area contributed by atoms with Crippen LogP contribution in [0.15, 0.2) is 34.8 Å². The Morgan fingerprint density at radius 1 is 1.00 bits per heavy atom.